The summed E-state index contributed by atoms with van der Waals surface area (Å²) in [6.07, 6.45) is 3.42. The Kier molecular flexibility index (Phi) is 6.84. The minimum Gasteiger partial charge on any atom is -0.494 e. The summed E-state index contributed by atoms with van der Waals surface area (Å²) in [4.78, 5) is 13.2. The number of thiocarbonyl (C=S) groups is 1. The van der Waals surface area contributed by atoms with Gasteiger partial charge in [0.15, 0.2) is 4.32 Å². The molecule has 1 aliphatic rings. The van der Waals surface area contributed by atoms with Gasteiger partial charge < -0.3 is 9.47 Å². The lowest BCUT2D eigenvalue weighted by Gasteiger charge is -2.06. The molecule has 0 spiro atoms. The Balaban J connectivity index is 1.70. The lowest BCUT2D eigenvalue weighted by molar-refractivity contribution is -0.122. The number of carbonyl (C=O) groups is 1. The minimum absolute atomic E-state index is 0.230. The number of hydrogen-bond acceptors (Lipinski definition) is 6. The van der Waals surface area contributed by atoms with Crippen LogP contribution in [-0.2, 0) is 4.79 Å². The monoisotopic (exact) mass is 412 g/mol. The Labute approximate surface area is 174 Å². The maximum atomic E-state index is 12.6. The van der Waals surface area contributed by atoms with E-state index < -0.39 is 0 Å². The van der Waals surface area contributed by atoms with Crippen molar-refractivity contribution in [2.24, 2.45) is 5.10 Å². The van der Waals surface area contributed by atoms with Gasteiger partial charge >= 0.3 is 0 Å². The van der Waals surface area contributed by atoms with Gasteiger partial charge in [0.2, 0.25) is 0 Å². The molecule has 0 radical (unpaired) electrons. The normalized spacial score (nSPS) is 15.6. The lowest BCUT2D eigenvalue weighted by Crippen LogP contribution is -2.22. The lowest BCUT2D eigenvalue weighted by atomic mass is 10.2. The second-order valence-electron chi connectivity index (χ2n) is 5.74. The quantitative estimate of drug-likeness (QED) is 0.374. The van der Waals surface area contributed by atoms with Crippen LogP contribution in [0.2, 0.25) is 0 Å². The van der Waals surface area contributed by atoms with E-state index in [4.69, 9.17) is 21.7 Å². The predicted octanol–water partition coefficient (Wildman–Crippen LogP) is 4.72. The summed E-state index contributed by atoms with van der Waals surface area (Å²) in [5.41, 5.74) is 1.76. The van der Waals surface area contributed by atoms with Gasteiger partial charge in [0, 0.05) is 0 Å². The van der Waals surface area contributed by atoms with E-state index in [1.165, 1.54) is 16.8 Å². The van der Waals surface area contributed by atoms with Gasteiger partial charge in [-0.3, -0.25) is 4.79 Å². The van der Waals surface area contributed by atoms with Crippen molar-refractivity contribution < 1.29 is 14.3 Å². The number of hydrazone groups is 1. The first kappa shape index (κ1) is 20.1. The Hall–Kier alpha value is -2.64. The summed E-state index contributed by atoms with van der Waals surface area (Å²) < 4.78 is 11.3. The third-order valence-corrected chi connectivity index (χ3v) is 5.06. The summed E-state index contributed by atoms with van der Waals surface area (Å²) in [5, 5.41) is 5.50. The van der Waals surface area contributed by atoms with Crippen LogP contribution >= 0.6 is 24.0 Å². The van der Waals surface area contributed by atoms with Crippen molar-refractivity contribution in [1.82, 2.24) is 5.01 Å². The highest BCUT2D eigenvalue weighted by Crippen LogP contribution is 2.33. The standard InChI is InChI=1S/C21H20N2O3S2/c1-3-25-17-9-5-15(6-10-17)13-19-20(24)23(21(27)28-19)22-14-16-7-11-18(12-8-16)26-4-2/h5-14H,3-4H2,1-2H3/b19-13+,22-14-. The van der Waals surface area contributed by atoms with E-state index in [0.717, 1.165) is 22.6 Å². The Bertz CT molecular complexity index is 906. The Morgan fingerprint density at radius 1 is 0.964 bits per heavy atom. The molecule has 0 saturated carbocycles. The molecule has 0 N–H and O–H groups in total. The van der Waals surface area contributed by atoms with Crippen LogP contribution in [0.15, 0.2) is 58.5 Å². The van der Waals surface area contributed by atoms with Gasteiger partial charge in [-0.2, -0.15) is 10.1 Å². The molecule has 1 aliphatic heterocycles. The zero-order valence-corrected chi connectivity index (χ0v) is 17.3. The van der Waals surface area contributed by atoms with E-state index in [0.29, 0.717) is 22.4 Å². The number of amides is 1. The summed E-state index contributed by atoms with van der Waals surface area (Å²) >= 11 is 6.55. The molecule has 1 saturated heterocycles. The van der Waals surface area contributed by atoms with Crippen molar-refractivity contribution >= 4 is 46.5 Å². The number of thioether (sulfide) groups is 1. The highest BCUT2D eigenvalue weighted by molar-refractivity contribution is 8.26. The van der Waals surface area contributed by atoms with Crippen molar-refractivity contribution in [2.75, 3.05) is 13.2 Å². The average molecular weight is 413 g/mol. The molecule has 1 heterocycles. The molecule has 0 bridgehead atoms. The third kappa shape index (κ3) is 4.99. The zero-order chi connectivity index (χ0) is 19.9. The van der Waals surface area contributed by atoms with E-state index in [2.05, 4.69) is 5.10 Å². The van der Waals surface area contributed by atoms with Crippen molar-refractivity contribution in [1.29, 1.82) is 0 Å². The molecule has 0 aliphatic carbocycles. The Morgan fingerprint density at radius 2 is 1.50 bits per heavy atom. The number of rotatable bonds is 7. The van der Waals surface area contributed by atoms with Gasteiger partial charge in [-0.15, -0.1) is 0 Å². The van der Waals surface area contributed by atoms with Gasteiger partial charge in [-0.1, -0.05) is 23.9 Å². The van der Waals surface area contributed by atoms with Crippen molar-refractivity contribution in [2.45, 2.75) is 13.8 Å². The zero-order valence-electron chi connectivity index (χ0n) is 15.6. The highest BCUT2D eigenvalue weighted by atomic mass is 32.2. The van der Waals surface area contributed by atoms with Crippen LogP contribution in [0.25, 0.3) is 6.08 Å². The first-order valence-electron chi connectivity index (χ1n) is 8.88. The molecule has 144 valence electrons. The van der Waals surface area contributed by atoms with Crippen LogP contribution in [0.3, 0.4) is 0 Å². The fraction of sp³-hybridized carbons (Fsp3) is 0.190. The molecule has 2 aromatic rings. The maximum absolute atomic E-state index is 12.6. The van der Waals surface area contributed by atoms with Gasteiger partial charge in [-0.05, 0) is 79.7 Å². The van der Waals surface area contributed by atoms with E-state index in [1.54, 1.807) is 12.3 Å². The fourth-order valence-corrected chi connectivity index (χ4v) is 3.65. The van der Waals surface area contributed by atoms with Crippen LogP contribution in [0, 0.1) is 0 Å². The molecule has 1 fully saturated rings. The van der Waals surface area contributed by atoms with E-state index in [1.807, 2.05) is 62.4 Å². The van der Waals surface area contributed by atoms with Gasteiger partial charge in [0.1, 0.15) is 11.5 Å². The minimum atomic E-state index is -0.230. The second kappa shape index (κ2) is 9.52. The predicted molar refractivity (Wildman–Crippen MR) is 118 cm³/mol. The largest absolute Gasteiger partial charge is 0.494 e. The van der Waals surface area contributed by atoms with E-state index in [9.17, 15) is 4.79 Å². The number of hydrogen-bond donors (Lipinski definition) is 0. The molecule has 0 atom stereocenters. The highest BCUT2D eigenvalue weighted by Gasteiger charge is 2.32. The van der Waals surface area contributed by atoms with Gasteiger partial charge in [-0.25, -0.2) is 0 Å². The summed E-state index contributed by atoms with van der Waals surface area (Å²) in [7, 11) is 0. The summed E-state index contributed by atoms with van der Waals surface area (Å²) in [6.45, 7) is 5.10. The molecule has 5 nitrogen and oxygen atoms in total. The molecule has 0 aromatic heterocycles. The number of carbonyl (C=O) groups excluding carboxylic acids is 1. The first-order valence-corrected chi connectivity index (χ1v) is 10.1. The molecule has 28 heavy (non-hydrogen) atoms. The number of benzene rings is 2. The van der Waals surface area contributed by atoms with Gasteiger partial charge in [0.25, 0.3) is 5.91 Å². The van der Waals surface area contributed by atoms with E-state index in [-0.39, 0.29) is 5.91 Å². The van der Waals surface area contributed by atoms with Crippen LogP contribution in [0.5, 0.6) is 11.5 Å². The van der Waals surface area contributed by atoms with Crippen LogP contribution in [0.1, 0.15) is 25.0 Å². The van der Waals surface area contributed by atoms with Crippen LogP contribution in [0.4, 0.5) is 0 Å². The number of nitrogens with zero attached hydrogens (tertiary/aromatic N) is 2. The first-order chi connectivity index (χ1) is 13.6. The Morgan fingerprint density at radius 3 is 2.04 bits per heavy atom. The fourth-order valence-electron chi connectivity index (χ4n) is 2.48. The molecular formula is C21H20N2O3S2. The summed E-state index contributed by atoms with van der Waals surface area (Å²) in [6, 6.07) is 15.0. The molecule has 7 heteroatoms. The van der Waals surface area contributed by atoms with Crippen LogP contribution < -0.4 is 9.47 Å². The van der Waals surface area contributed by atoms with Crippen molar-refractivity contribution in [3.8, 4) is 11.5 Å². The molecule has 1 amide bonds. The van der Waals surface area contributed by atoms with Crippen molar-refractivity contribution in [3.63, 3.8) is 0 Å². The molecule has 2 aromatic carbocycles. The SMILES string of the molecule is CCOc1ccc(/C=N\N2C(=O)/C(=C\c3ccc(OCC)cc3)SC2=S)cc1. The number of ether oxygens (including phenoxy) is 2. The van der Waals surface area contributed by atoms with Crippen molar-refractivity contribution in [3.05, 3.63) is 64.6 Å². The molecule has 3 rings (SSSR count). The average Bonchev–Trinajstić information content (AvgIpc) is 2.96. The second-order valence-corrected chi connectivity index (χ2v) is 7.42. The maximum Gasteiger partial charge on any atom is 0.286 e. The van der Waals surface area contributed by atoms with Gasteiger partial charge in [0.05, 0.1) is 24.3 Å². The third-order valence-electron chi connectivity index (χ3n) is 3.78. The van der Waals surface area contributed by atoms with Crippen LogP contribution in [-0.4, -0.2) is 34.7 Å². The molecular weight excluding hydrogens is 392 g/mol. The summed E-state index contributed by atoms with van der Waals surface area (Å²) in [5.74, 6) is 1.36. The van der Waals surface area contributed by atoms with E-state index >= 15 is 0 Å². The smallest absolute Gasteiger partial charge is 0.286 e. The molecule has 0 unspecified atom stereocenters. The topological polar surface area (TPSA) is 51.1 Å².